The molecule has 1 N–H and O–H groups in total. The Balaban J connectivity index is 2.19. The lowest BCUT2D eigenvalue weighted by Crippen LogP contribution is -2.51. The summed E-state index contributed by atoms with van der Waals surface area (Å²) in [5, 5.41) is 0. The van der Waals surface area contributed by atoms with Gasteiger partial charge in [-0.15, -0.1) is 5.43 Å². The number of nitrogens with zero attached hydrogens (tertiary/aromatic N) is 1. The van der Waals surface area contributed by atoms with E-state index in [1.54, 1.807) is 0 Å². The van der Waals surface area contributed by atoms with Crippen LogP contribution in [-0.4, -0.2) is 5.91 Å². The highest BCUT2D eigenvalue weighted by Crippen LogP contribution is 2.16. The molecule has 0 saturated heterocycles. The minimum absolute atomic E-state index is 0.0910. The van der Waals surface area contributed by atoms with E-state index in [1.165, 1.54) is 0 Å². The monoisotopic (exact) mass is 269 g/mol. The zero-order valence-electron chi connectivity index (χ0n) is 12.0. The molecular formula is C17H21N2O+. The van der Waals surface area contributed by atoms with Crippen molar-refractivity contribution in [3.63, 3.8) is 0 Å². The lowest BCUT2D eigenvalue weighted by atomic mass is 10.0. The first-order valence-electron chi connectivity index (χ1n) is 7.09. The maximum Gasteiger partial charge on any atom is 0.305 e. The third kappa shape index (κ3) is 3.44. The molecule has 1 aromatic carbocycles. The summed E-state index contributed by atoms with van der Waals surface area (Å²) < 4.78 is 1.83. The van der Waals surface area contributed by atoms with Gasteiger partial charge in [-0.25, -0.2) is 0 Å². The van der Waals surface area contributed by atoms with Gasteiger partial charge in [-0.1, -0.05) is 43.1 Å². The van der Waals surface area contributed by atoms with E-state index in [1.807, 2.05) is 53.3 Å². The van der Waals surface area contributed by atoms with Gasteiger partial charge < -0.3 is 0 Å². The van der Waals surface area contributed by atoms with Crippen LogP contribution in [0, 0.1) is 0 Å². The molecule has 1 atom stereocenters. The van der Waals surface area contributed by atoms with Crippen molar-refractivity contribution in [3.05, 3.63) is 66.0 Å². The molecular weight excluding hydrogens is 248 g/mol. The molecule has 3 nitrogen and oxygen atoms in total. The summed E-state index contributed by atoms with van der Waals surface area (Å²) >= 11 is 0. The molecule has 3 heteroatoms. The van der Waals surface area contributed by atoms with Crippen molar-refractivity contribution >= 4 is 5.91 Å². The maximum atomic E-state index is 12.2. The fourth-order valence-electron chi connectivity index (χ4n) is 2.30. The largest absolute Gasteiger partial charge is 0.305 e. The van der Waals surface area contributed by atoms with Crippen molar-refractivity contribution < 1.29 is 9.47 Å². The number of pyridine rings is 1. The Hall–Kier alpha value is -2.16. The number of nitrogens with one attached hydrogen (secondary N) is 1. The van der Waals surface area contributed by atoms with E-state index in [0.717, 1.165) is 18.5 Å². The lowest BCUT2D eigenvalue weighted by molar-refractivity contribution is -0.650. The van der Waals surface area contributed by atoms with Gasteiger partial charge in [-0.05, 0) is 24.6 Å². The average Bonchev–Trinajstić information content (AvgIpc) is 2.49. The number of hydrogen-bond acceptors (Lipinski definition) is 1. The van der Waals surface area contributed by atoms with Gasteiger partial charge in [0.25, 0.3) is 0 Å². The molecule has 0 spiro atoms. The summed E-state index contributed by atoms with van der Waals surface area (Å²) in [5.41, 5.74) is 4.73. The zero-order chi connectivity index (χ0) is 14.4. The van der Waals surface area contributed by atoms with Gasteiger partial charge in [0.1, 0.15) is 0 Å². The van der Waals surface area contributed by atoms with Crippen LogP contribution in [0.1, 0.15) is 48.7 Å². The minimum atomic E-state index is -0.0910. The first-order valence-corrected chi connectivity index (χ1v) is 7.09. The Morgan fingerprint density at radius 1 is 1.15 bits per heavy atom. The molecule has 2 aromatic rings. The van der Waals surface area contributed by atoms with Gasteiger partial charge >= 0.3 is 5.91 Å². The van der Waals surface area contributed by atoms with Crippen LogP contribution < -0.4 is 10.1 Å². The van der Waals surface area contributed by atoms with E-state index in [-0.39, 0.29) is 5.91 Å². The molecule has 0 aliphatic heterocycles. The molecule has 1 amide bonds. The van der Waals surface area contributed by atoms with Crippen LogP contribution >= 0.6 is 0 Å². The summed E-state index contributed by atoms with van der Waals surface area (Å²) in [7, 11) is 0. The topological polar surface area (TPSA) is 33.0 Å². The van der Waals surface area contributed by atoms with Crippen LogP contribution in [-0.2, 0) is 0 Å². The molecule has 0 aliphatic carbocycles. The van der Waals surface area contributed by atoms with E-state index in [9.17, 15) is 4.79 Å². The molecule has 0 radical (unpaired) electrons. The highest BCUT2D eigenvalue weighted by molar-refractivity contribution is 5.98. The van der Waals surface area contributed by atoms with Crippen LogP contribution in [0.3, 0.4) is 0 Å². The third-order valence-electron chi connectivity index (χ3n) is 3.38. The van der Waals surface area contributed by atoms with Crippen molar-refractivity contribution in [1.29, 1.82) is 0 Å². The van der Waals surface area contributed by atoms with Gasteiger partial charge in [-0.2, -0.15) is 0 Å². The van der Waals surface area contributed by atoms with Gasteiger partial charge in [0.05, 0.1) is 0 Å². The normalized spacial score (nSPS) is 11.9. The summed E-state index contributed by atoms with van der Waals surface area (Å²) in [6.45, 7) is 4.36. The summed E-state index contributed by atoms with van der Waals surface area (Å²) in [4.78, 5) is 12.2. The van der Waals surface area contributed by atoms with Crippen LogP contribution in [0.2, 0.25) is 0 Å². The first kappa shape index (κ1) is 14.3. The summed E-state index contributed by atoms with van der Waals surface area (Å²) in [5.74, 6) is 0.323. The van der Waals surface area contributed by atoms with Crippen molar-refractivity contribution in [2.24, 2.45) is 0 Å². The molecule has 1 unspecified atom stereocenters. The number of amides is 1. The predicted octanol–water partition coefficient (Wildman–Crippen LogP) is 3.26. The van der Waals surface area contributed by atoms with E-state index >= 15 is 0 Å². The second-order valence-electron chi connectivity index (χ2n) is 4.99. The maximum absolute atomic E-state index is 12.2. The fraction of sp³-hybridized carbons (Fsp3) is 0.294. The second kappa shape index (κ2) is 6.85. The van der Waals surface area contributed by atoms with Gasteiger partial charge in [0, 0.05) is 23.6 Å². The lowest BCUT2D eigenvalue weighted by Gasteiger charge is -2.09. The number of carbonyl (C=O) groups excluding carboxylic acids is 1. The second-order valence-corrected chi connectivity index (χ2v) is 4.99. The van der Waals surface area contributed by atoms with Crippen LogP contribution in [0.25, 0.3) is 0 Å². The van der Waals surface area contributed by atoms with Gasteiger partial charge in [0.15, 0.2) is 6.20 Å². The quantitative estimate of drug-likeness (QED) is 0.830. The third-order valence-corrected chi connectivity index (χ3v) is 3.38. The standard InChI is InChI=1S/C17H20N2O/c1-3-9-14(2)16-12-7-8-13-19(16)18-17(20)15-10-5-4-6-11-15/h4-8,10-14H,3,9H2,1-2H3/p+1. The van der Waals surface area contributed by atoms with Crippen LogP contribution in [0.5, 0.6) is 0 Å². The van der Waals surface area contributed by atoms with E-state index < -0.39 is 0 Å². The molecule has 1 aromatic heterocycles. The Morgan fingerprint density at radius 3 is 2.55 bits per heavy atom. The van der Waals surface area contributed by atoms with E-state index in [0.29, 0.717) is 11.5 Å². The smallest absolute Gasteiger partial charge is 0.264 e. The Kier molecular flexibility index (Phi) is 4.88. The zero-order valence-corrected chi connectivity index (χ0v) is 12.0. The molecule has 0 bridgehead atoms. The molecule has 2 rings (SSSR count). The highest BCUT2D eigenvalue weighted by atomic mass is 16.2. The predicted molar refractivity (Wildman–Crippen MR) is 80.1 cm³/mol. The fourth-order valence-corrected chi connectivity index (χ4v) is 2.30. The summed E-state index contributed by atoms with van der Waals surface area (Å²) in [6, 6.07) is 15.3. The van der Waals surface area contributed by atoms with Crippen molar-refractivity contribution in [2.45, 2.75) is 32.6 Å². The molecule has 0 aliphatic rings. The first-order chi connectivity index (χ1) is 9.72. The number of benzene rings is 1. The number of aromatic nitrogens is 1. The van der Waals surface area contributed by atoms with Crippen molar-refractivity contribution in [3.8, 4) is 0 Å². The average molecular weight is 269 g/mol. The number of carbonyl (C=O) groups is 1. The van der Waals surface area contributed by atoms with Crippen molar-refractivity contribution in [2.75, 3.05) is 5.43 Å². The molecule has 20 heavy (non-hydrogen) atoms. The van der Waals surface area contributed by atoms with Gasteiger partial charge in [-0.3, -0.25) is 4.79 Å². The van der Waals surface area contributed by atoms with Gasteiger partial charge in [0.2, 0.25) is 5.69 Å². The Labute approximate surface area is 120 Å². The minimum Gasteiger partial charge on any atom is -0.264 e. The van der Waals surface area contributed by atoms with E-state index in [4.69, 9.17) is 0 Å². The molecule has 1 heterocycles. The summed E-state index contributed by atoms with van der Waals surface area (Å²) in [6.07, 6.45) is 4.12. The van der Waals surface area contributed by atoms with Crippen LogP contribution in [0.4, 0.5) is 0 Å². The highest BCUT2D eigenvalue weighted by Gasteiger charge is 2.19. The van der Waals surface area contributed by atoms with Crippen molar-refractivity contribution in [1.82, 2.24) is 0 Å². The molecule has 0 saturated carbocycles. The Morgan fingerprint density at radius 2 is 1.85 bits per heavy atom. The van der Waals surface area contributed by atoms with Crippen LogP contribution in [0.15, 0.2) is 54.7 Å². The van der Waals surface area contributed by atoms with E-state index in [2.05, 4.69) is 25.3 Å². The number of hydrogen-bond donors (Lipinski definition) is 1. The SMILES string of the molecule is CCCC(C)c1cccc[n+]1NC(=O)c1ccccc1. The Bertz CT molecular complexity index is 566. The molecule has 104 valence electrons. The number of rotatable bonds is 5. The molecule has 0 fully saturated rings.